The Kier molecular flexibility index (Phi) is 2.47. The molecule has 0 radical (unpaired) electrons. The van der Waals surface area contributed by atoms with E-state index in [9.17, 15) is 0 Å². The van der Waals surface area contributed by atoms with E-state index in [-0.39, 0.29) is 0 Å². The Balaban J connectivity index is 1.59. The van der Waals surface area contributed by atoms with Crippen molar-refractivity contribution in [2.24, 2.45) is 5.92 Å². The molecule has 64 valence electrons. The summed E-state index contributed by atoms with van der Waals surface area (Å²) in [5.74, 6) is 0.942. The minimum Gasteiger partial charge on any atom is -0.378 e. The van der Waals surface area contributed by atoms with Crippen LogP contribution >= 0.6 is 0 Å². The number of hydrogen-bond acceptors (Lipinski definition) is 1. The second-order valence-corrected chi connectivity index (χ2v) is 4.04. The first kappa shape index (κ1) is 7.60. The van der Waals surface area contributed by atoms with E-state index in [1.54, 1.807) is 0 Å². The summed E-state index contributed by atoms with van der Waals surface area (Å²) < 4.78 is 5.81. The molecule has 1 nitrogen and oxygen atoms in total. The van der Waals surface area contributed by atoms with Crippen molar-refractivity contribution in [3.05, 3.63) is 0 Å². The molecule has 0 bridgehead atoms. The Labute approximate surface area is 69.1 Å². The van der Waals surface area contributed by atoms with Crippen molar-refractivity contribution in [1.29, 1.82) is 0 Å². The lowest BCUT2D eigenvalue weighted by Crippen LogP contribution is -2.17. The van der Waals surface area contributed by atoms with Crippen molar-refractivity contribution in [3.8, 4) is 0 Å². The quantitative estimate of drug-likeness (QED) is 0.607. The maximum absolute atomic E-state index is 5.81. The fraction of sp³-hybridized carbons (Fsp3) is 1.00. The van der Waals surface area contributed by atoms with Crippen molar-refractivity contribution >= 4 is 0 Å². The molecule has 2 aliphatic carbocycles. The van der Waals surface area contributed by atoms with Gasteiger partial charge in [-0.3, -0.25) is 0 Å². The first-order chi connectivity index (χ1) is 5.45. The zero-order chi connectivity index (χ0) is 7.52. The molecule has 0 heterocycles. The topological polar surface area (TPSA) is 9.23 Å². The highest BCUT2D eigenvalue weighted by Crippen LogP contribution is 2.30. The van der Waals surface area contributed by atoms with Crippen molar-refractivity contribution in [2.75, 3.05) is 6.61 Å². The molecule has 2 fully saturated rings. The van der Waals surface area contributed by atoms with Gasteiger partial charge in [0.2, 0.25) is 0 Å². The van der Waals surface area contributed by atoms with Gasteiger partial charge in [-0.2, -0.15) is 0 Å². The number of ether oxygens (including phenoxy) is 1. The maximum atomic E-state index is 5.81. The van der Waals surface area contributed by atoms with Gasteiger partial charge in [0.1, 0.15) is 0 Å². The van der Waals surface area contributed by atoms with Gasteiger partial charge in [0.15, 0.2) is 0 Å². The van der Waals surface area contributed by atoms with Gasteiger partial charge >= 0.3 is 0 Å². The van der Waals surface area contributed by atoms with Crippen LogP contribution in [0.5, 0.6) is 0 Å². The van der Waals surface area contributed by atoms with E-state index in [1.807, 2.05) is 0 Å². The molecule has 0 saturated heterocycles. The molecular weight excluding hydrogens is 136 g/mol. The molecule has 1 heteroatoms. The van der Waals surface area contributed by atoms with Crippen LogP contribution in [-0.2, 0) is 4.74 Å². The van der Waals surface area contributed by atoms with E-state index in [0.29, 0.717) is 6.10 Å². The van der Waals surface area contributed by atoms with Crippen LogP contribution in [0.3, 0.4) is 0 Å². The summed E-state index contributed by atoms with van der Waals surface area (Å²) in [5.41, 5.74) is 0. The van der Waals surface area contributed by atoms with Crippen molar-refractivity contribution in [3.63, 3.8) is 0 Å². The summed E-state index contributed by atoms with van der Waals surface area (Å²) in [6.45, 7) is 1.06. The molecule has 0 aromatic heterocycles. The largest absolute Gasteiger partial charge is 0.378 e. The predicted molar refractivity (Wildman–Crippen MR) is 45.5 cm³/mol. The third-order valence-electron chi connectivity index (χ3n) is 2.82. The fourth-order valence-corrected chi connectivity index (χ4v) is 1.79. The Bertz CT molecular complexity index is 112. The van der Waals surface area contributed by atoms with Crippen molar-refractivity contribution in [2.45, 2.75) is 51.0 Å². The van der Waals surface area contributed by atoms with Crippen molar-refractivity contribution < 1.29 is 4.74 Å². The lowest BCUT2D eigenvalue weighted by Gasteiger charge is -2.21. The zero-order valence-corrected chi connectivity index (χ0v) is 7.22. The number of hydrogen-bond donors (Lipinski definition) is 0. The molecule has 0 unspecified atom stereocenters. The smallest absolute Gasteiger partial charge is 0.0575 e. The maximum Gasteiger partial charge on any atom is 0.0575 e. The Morgan fingerprint density at radius 3 is 2.27 bits per heavy atom. The summed E-state index contributed by atoms with van der Waals surface area (Å²) in [4.78, 5) is 0. The average Bonchev–Trinajstić information content (AvgIpc) is 2.86. The van der Waals surface area contributed by atoms with E-state index < -0.39 is 0 Å². The molecule has 0 aromatic rings. The van der Waals surface area contributed by atoms with Crippen LogP contribution in [0.1, 0.15) is 44.9 Å². The highest BCUT2D eigenvalue weighted by atomic mass is 16.5. The molecule has 11 heavy (non-hydrogen) atoms. The molecule has 0 amide bonds. The molecule has 0 aromatic carbocycles. The summed E-state index contributed by atoms with van der Waals surface area (Å²) in [6.07, 6.45) is 10.4. The minimum atomic E-state index is 0.629. The first-order valence-electron chi connectivity index (χ1n) is 5.07. The van der Waals surface area contributed by atoms with Gasteiger partial charge in [0, 0.05) is 6.61 Å². The first-order valence-corrected chi connectivity index (χ1v) is 5.07. The van der Waals surface area contributed by atoms with Crippen molar-refractivity contribution in [1.82, 2.24) is 0 Å². The van der Waals surface area contributed by atoms with Crippen LogP contribution in [-0.4, -0.2) is 12.7 Å². The molecular formula is C10H18O. The molecule has 0 atom stereocenters. The lowest BCUT2D eigenvalue weighted by molar-refractivity contribution is 0.0222. The summed E-state index contributed by atoms with van der Waals surface area (Å²) in [7, 11) is 0. The lowest BCUT2D eigenvalue weighted by atomic mass is 9.98. The van der Waals surface area contributed by atoms with Crippen LogP contribution in [0.25, 0.3) is 0 Å². The van der Waals surface area contributed by atoms with Gasteiger partial charge < -0.3 is 4.74 Å². The SMILES string of the molecule is C1CCC(OCC2CC2)CC1. The Hall–Kier alpha value is -0.0400. The highest BCUT2D eigenvalue weighted by Gasteiger charge is 2.23. The van der Waals surface area contributed by atoms with E-state index in [2.05, 4.69) is 0 Å². The molecule has 2 aliphatic rings. The molecule has 0 aliphatic heterocycles. The molecule has 2 rings (SSSR count). The summed E-state index contributed by atoms with van der Waals surface area (Å²) in [5, 5.41) is 0. The average molecular weight is 154 g/mol. The van der Waals surface area contributed by atoms with Gasteiger partial charge in [0.25, 0.3) is 0 Å². The standard InChI is InChI=1S/C10H18O/c1-2-4-10(5-3-1)11-8-9-6-7-9/h9-10H,1-8H2. The van der Waals surface area contributed by atoms with Gasteiger partial charge in [0.05, 0.1) is 6.10 Å². The number of rotatable bonds is 3. The predicted octanol–water partition coefficient (Wildman–Crippen LogP) is 2.75. The molecule has 2 saturated carbocycles. The van der Waals surface area contributed by atoms with Gasteiger partial charge in [-0.1, -0.05) is 19.3 Å². The van der Waals surface area contributed by atoms with Crippen LogP contribution in [0.2, 0.25) is 0 Å². The Morgan fingerprint density at radius 1 is 0.909 bits per heavy atom. The highest BCUT2D eigenvalue weighted by molar-refractivity contribution is 4.74. The van der Waals surface area contributed by atoms with Crippen LogP contribution in [0.4, 0.5) is 0 Å². The monoisotopic (exact) mass is 154 g/mol. The summed E-state index contributed by atoms with van der Waals surface area (Å²) in [6, 6.07) is 0. The van der Waals surface area contributed by atoms with Crippen LogP contribution in [0, 0.1) is 5.92 Å². The second-order valence-electron chi connectivity index (χ2n) is 4.04. The van der Waals surface area contributed by atoms with E-state index >= 15 is 0 Å². The summed E-state index contributed by atoms with van der Waals surface area (Å²) >= 11 is 0. The molecule has 0 N–H and O–H groups in total. The van der Waals surface area contributed by atoms with E-state index in [1.165, 1.54) is 44.9 Å². The normalized spacial score (nSPS) is 27.3. The molecule has 0 spiro atoms. The fourth-order valence-electron chi connectivity index (χ4n) is 1.79. The van der Waals surface area contributed by atoms with Crippen LogP contribution in [0.15, 0.2) is 0 Å². The van der Waals surface area contributed by atoms with Gasteiger partial charge in [-0.15, -0.1) is 0 Å². The zero-order valence-electron chi connectivity index (χ0n) is 7.22. The van der Waals surface area contributed by atoms with Crippen LogP contribution < -0.4 is 0 Å². The third-order valence-corrected chi connectivity index (χ3v) is 2.82. The van der Waals surface area contributed by atoms with Gasteiger partial charge in [-0.05, 0) is 31.6 Å². The minimum absolute atomic E-state index is 0.629. The van der Waals surface area contributed by atoms with E-state index in [4.69, 9.17) is 4.74 Å². The van der Waals surface area contributed by atoms with Gasteiger partial charge in [-0.25, -0.2) is 0 Å². The Morgan fingerprint density at radius 2 is 1.64 bits per heavy atom. The van der Waals surface area contributed by atoms with E-state index in [0.717, 1.165) is 12.5 Å². The second kappa shape index (κ2) is 3.57. The third kappa shape index (κ3) is 2.48.